The Bertz CT molecular complexity index is 395. The zero-order valence-corrected chi connectivity index (χ0v) is 13.8. The Labute approximate surface area is 125 Å². The Morgan fingerprint density at radius 2 is 2.24 bits per heavy atom. The van der Waals surface area contributed by atoms with E-state index in [0.29, 0.717) is 11.4 Å². The van der Waals surface area contributed by atoms with Crippen molar-refractivity contribution in [1.29, 1.82) is 0 Å². The second kappa shape index (κ2) is 7.36. The first kappa shape index (κ1) is 15.0. The van der Waals surface area contributed by atoms with Crippen LogP contribution in [0.2, 0.25) is 0 Å². The molecule has 1 N–H and O–H groups in total. The van der Waals surface area contributed by atoms with E-state index in [2.05, 4.69) is 50.8 Å². The zero-order chi connectivity index (χ0) is 12.8. The van der Waals surface area contributed by atoms with Crippen LogP contribution in [-0.2, 0) is 0 Å². The van der Waals surface area contributed by atoms with Crippen LogP contribution >= 0.6 is 38.5 Å². The van der Waals surface area contributed by atoms with E-state index in [0.717, 1.165) is 27.5 Å². The third-order valence-electron chi connectivity index (χ3n) is 2.52. The molecule has 0 aliphatic rings. The quantitative estimate of drug-likeness (QED) is 0.580. The summed E-state index contributed by atoms with van der Waals surface area (Å²) in [7, 11) is 0. The van der Waals surface area contributed by atoms with Crippen molar-refractivity contribution in [1.82, 2.24) is 5.32 Å². The topological polar surface area (TPSA) is 29.1 Å². The number of carbonyl (C=O) groups excluding carboxylic acids is 1. The highest BCUT2D eigenvalue weighted by molar-refractivity contribution is 14.1. The molecule has 0 heterocycles. The number of hydrogen-bond acceptors (Lipinski definition) is 1. The number of aryl methyl sites for hydroxylation is 1. The van der Waals surface area contributed by atoms with Crippen LogP contribution < -0.4 is 5.32 Å². The van der Waals surface area contributed by atoms with E-state index in [9.17, 15) is 4.79 Å². The van der Waals surface area contributed by atoms with Gasteiger partial charge in [0, 0.05) is 14.9 Å². The lowest BCUT2D eigenvalue weighted by atomic mass is 10.1. The van der Waals surface area contributed by atoms with Crippen LogP contribution in [0.1, 0.15) is 35.7 Å². The van der Waals surface area contributed by atoms with Crippen molar-refractivity contribution in [2.45, 2.75) is 31.5 Å². The van der Waals surface area contributed by atoms with Crippen LogP contribution in [0.3, 0.4) is 0 Å². The first-order valence-electron chi connectivity index (χ1n) is 5.73. The molecule has 1 aromatic carbocycles. The minimum absolute atomic E-state index is 0.0126. The number of amides is 1. The van der Waals surface area contributed by atoms with Gasteiger partial charge >= 0.3 is 0 Å². The average Bonchev–Trinajstić information content (AvgIpc) is 2.30. The molecule has 0 aliphatic heterocycles. The van der Waals surface area contributed by atoms with Crippen molar-refractivity contribution in [3.63, 3.8) is 0 Å². The van der Waals surface area contributed by atoms with Crippen molar-refractivity contribution < 1.29 is 4.79 Å². The van der Waals surface area contributed by atoms with Crippen LogP contribution in [0.25, 0.3) is 0 Å². The molecule has 0 saturated heterocycles. The second-order valence-corrected chi connectivity index (χ2v) is 6.41. The highest BCUT2D eigenvalue weighted by Gasteiger charge is 2.12. The molecule has 0 spiro atoms. The minimum Gasteiger partial charge on any atom is -0.351 e. The molecule has 2 nitrogen and oxygen atoms in total. The van der Waals surface area contributed by atoms with Crippen molar-refractivity contribution in [3.8, 4) is 0 Å². The lowest BCUT2D eigenvalue weighted by molar-refractivity contribution is 0.0952. The summed E-state index contributed by atoms with van der Waals surface area (Å²) in [5, 5.41) is 2.96. The van der Waals surface area contributed by atoms with Gasteiger partial charge in [0.15, 0.2) is 0 Å². The predicted molar refractivity (Wildman–Crippen MR) is 83.9 cm³/mol. The SMILES string of the molecule is CCCC(Br)CNC(=O)c1cccc(C)c1I. The van der Waals surface area contributed by atoms with E-state index in [1.165, 1.54) is 0 Å². The third kappa shape index (κ3) is 4.58. The van der Waals surface area contributed by atoms with Crippen molar-refractivity contribution in [3.05, 3.63) is 32.9 Å². The molecular formula is C13H17BrINO. The molecular weight excluding hydrogens is 393 g/mol. The maximum Gasteiger partial charge on any atom is 0.252 e. The first-order valence-corrected chi connectivity index (χ1v) is 7.73. The van der Waals surface area contributed by atoms with Crippen LogP contribution in [0.15, 0.2) is 18.2 Å². The van der Waals surface area contributed by atoms with E-state index in [1.54, 1.807) is 0 Å². The van der Waals surface area contributed by atoms with E-state index in [-0.39, 0.29) is 5.91 Å². The van der Waals surface area contributed by atoms with Gasteiger partial charge in [-0.1, -0.05) is 41.4 Å². The van der Waals surface area contributed by atoms with Gasteiger partial charge in [-0.15, -0.1) is 0 Å². The molecule has 0 aromatic heterocycles. The Morgan fingerprint density at radius 1 is 1.53 bits per heavy atom. The number of benzene rings is 1. The summed E-state index contributed by atoms with van der Waals surface area (Å²) in [6.45, 7) is 4.83. The van der Waals surface area contributed by atoms with Gasteiger partial charge in [-0.05, 0) is 47.6 Å². The zero-order valence-electron chi connectivity index (χ0n) is 10.1. The molecule has 1 unspecified atom stereocenters. The molecule has 0 fully saturated rings. The first-order chi connectivity index (χ1) is 8.06. The van der Waals surface area contributed by atoms with Crippen LogP contribution in [0, 0.1) is 10.5 Å². The highest BCUT2D eigenvalue weighted by Crippen LogP contribution is 2.16. The molecule has 17 heavy (non-hydrogen) atoms. The summed E-state index contributed by atoms with van der Waals surface area (Å²) in [6.07, 6.45) is 2.19. The van der Waals surface area contributed by atoms with Gasteiger partial charge in [0.25, 0.3) is 5.91 Å². The maximum absolute atomic E-state index is 12.0. The fourth-order valence-electron chi connectivity index (χ4n) is 1.54. The normalized spacial score (nSPS) is 12.2. The lowest BCUT2D eigenvalue weighted by Gasteiger charge is -2.11. The molecule has 4 heteroatoms. The fourth-order valence-corrected chi connectivity index (χ4v) is 2.76. The molecule has 1 aromatic rings. The number of hydrogen-bond donors (Lipinski definition) is 1. The fraction of sp³-hybridized carbons (Fsp3) is 0.462. The Balaban J connectivity index is 2.61. The predicted octanol–water partition coefficient (Wildman–Crippen LogP) is 3.89. The van der Waals surface area contributed by atoms with Gasteiger partial charge in [0.05, 0.1) is 5.56 Å². The van der Waals surface area contributed by atoms with Gasteiger partial charge in [0.1, 0.15) is 0 Å². The Morgan fingerprint density at radius 3 is 2.88 bits per heavy atom. The van der Waals surface area contributed by atoms with Gasteiger partial charge < -0.3 is 5.32 Å². The minimum atomic E-state index is 0.0126. The molecule has 1 atom stereocenters. The van der Waals surface area contributed by atoms with Gasteiger partial charge in [-0.25, -0.2) is 0 Å². The summed E-state index contributed by atoms with van der Waals surface area (Å²) in [4.78, 5) is 12.3. The molecule has 0 aliphatic carbocycles. The van der Waals surface area contributed by atoms with Crippen LogP contribution in [0.4, 0.5) is 0 Å². The Hall–Kier alpha value is -0.100. The van der Waals surface area contributed by atoms with Crippen molar-refractivity contribution >= 4 is 44.4 Å². The van der Waals surface area contributed by atoms with E-state index in [1.807, 2.05) is 25.1 Å². The van der Waals surface area contributed by atoms with Crippen molar-refractivity contribution in [2.75, 3.05) is 6.54 Å². The van der Waals surface area contributed by atoms with Gasteiger partial charge in [-0.3, -0.25) is 4.79 Å². The smallest absolute Gasteiger partial charge is 0.252 e. The standard InChI is InChI=1S/C13H17BrINO/c1-3-5-10(14)8-16-13(17)11-7-4-6-9(2)12(11)15/h4,6-7,10H,3,5,8H2,1-2H3,(H,16,17). The average molecular weight is 410 g/mol. The maximum atomic E-state index is 12.0. The second-order valence-electron chi connectivity index (χ2n) is 4.03. The summed E-state index contributed by atoms with van der Waals surface area (Å²) < 4.78 is 1.03. The molecule has 1 rings (SSSR count). The van der Waals surface area contributed by atoms with Crippen LogP contribution in [-0.4, -0.2) is 17.3 Å². The van der Waals surface area contributed by atoms with Gasteiger partial charge in [-0.2, -0.15) is 0 Å². The molecule has 0 saturated carbocycles. The lowest BCUT2D eigenvalue weighted by Crippen LogP contribution is -2.30. The summed E-state index contributed by atoms with van der Waals surface area (Å²) >= 11 is 5.78. The number of halogens is 2. The third-order valence-corrected chi connectivity index (χ3v) is 4.74. The summed E-state index contributed by atoms with van der Waals surface area (Å²) in [5.41, 5.74) is 1.91. The van der Waals surface area contributed by atoms with E-state index < -0.39 is 0 Å². The highest BCUT2D eigenvalue weighted by atomic mass is 127. The van der Waals surface area contributed by atoms with Crippen molar-refractivity contribution in [2.24, 2.45) is 0 Å². The number of carbonyl (C=O) groups is 1. The molecule has 94 valence electrons. The molecule has 1 amide bonds. The Kier molecular flexibility index (Phi) is 6.48. The number of alkyl halides is 1. The van der Waals surface area contributed by atoms with Gasteiger partial charge in [0.2, 0.25) is 0 Å². The largest absolute Gasteiger partial charge is 0.351 e. The van der Waals surface area contributed by atoms with Crippen LogP contribution in [0.5, 0.6) is 0 Å². The van der Waals surface area contributed by atoms with E-state index in [4.69, 9.17) is 0 Å². The molecule has 0 bridgehead atoms. The summed E-state index contributed by atoms with van der Waals surface area (Å²) in [5.74, 6) is 0.0126. The number of rotatable bonds is 5. The monoisotopic (exact) mass is 409 g/mol. The molecule has 0 radical (unpaired) electrons. The summed E-state index contributed by atoms with van der Waals surface area (Å²) in [6, 6.07) is 5.81. The number of nitrogens with one attached hydrogen (secondary N) is 1. The van der Waals surface area contributed by atoms with E-state index >= 15 is 0 Å².